The number of aromatic nitrogens is 5. The predicted molar refractivity (Wildman–Crippen MR) is 119 cm³/mol. The van der Waals surface area contributed by atoms with E-state index >= 15 is 0 Å². The summed E-state index contributed by atoms with van der Waals surface area (Å²) in [5, 5.41) is 7.28. The Bertz CT molecular complexity index is 1220. The van der Waals surface area contributed by atoms with E-state index in [0.29, 0.717) is 38.1 Å². The third kappa shape index (κ3) is 4.11. The molecular weight excluding hydrogens is 475 g/mol. The molecule has 0 bridgehead atoms. The van der Waals surface area contributed by atoms with Crippen molar-refractivity contribution in [1.29, 1.82) is 0 Å². The highest BCUT2D eigenvalue weighted by atomic mass is 35.5. The normalized spacial score (nSPS) is 10.3. The lowest BCUT2D eigenvalue weighted by molar-refractivity contribution is -0.114. The van der Waals surface area contributed by atoms with Crippen molar-refractivity contribution in [3.63, 3.8) is 0 Å². The highest BCUT2D eigenvalue weighted by Gasteiger charge is 2.21. The highest BCUT2D eigenvalue weighted by molar-refractivity contribution is 7.16. The van der Waals surface area contributed by atoms with Crippen molar-refractivity contribution < 1.29 is 9.59 Å². The molecule has 14 heteroatoms. The molecule has 157 valence electrons. The van der Waals surface area contributed by atoms with Gasteiger partial charge < -0.3 is 16.8 Å². The van der Waals surface area contributed by atoms with Crippen LogP contribution < -0.4 is 16.8 Å². The summed E-state index contributed by atoms with van der Waals surface area (Å²) >= 11 is 7.62. The highest BCUT2D eigenvalue weighted by Crippen LogP contribution is 2.33. The third-order valence-electron chi connectivity index (χ3n) is 3.89. The number of thiazole rings is 1. The van der Waals surface area contributed by atoms with E-state index in [0.717, 1.165) is 4.68 Å². The number of primary amides is 1. The molecule has 30 heavy (non-hydrogen) atoms. The number of nitrogens with two attached hydrogens (primary N) is 2. The van der Waals surface area contributed by atoms with Crippen LogP contribution in [0, 0.1) is 5.51 Å². The van der Waals surface area contributed by atoms with Crippen molar-refractivity contribution in [1.82, 2.24) is 24.3 Å². The van der Waals surface area contributed by atoms with E-state index in [1.165, 1.54) is 11.3 Å². The maximum Gasteiger partial charge on any atom is 0.341 e. The van der Waals surface area contributed by atoms with Gasteiger partial charge in [-0.2, -0.15) is 4.68 Å². The Morgan fingerprint density at radius 3 is 2.73 bits per heavy atom. The van der Waals surface area contributed by atoms with Crippen molar-refractivity contribution >= 4 is 75.7 Å². The van der Waals surface area contributed by atoms with Crippen LogP contribution in [0.15, 0.2) is 30.7 Å². The van der Waals surface area contributed by atoms with Crippen molar-refractivity contribution in [2.24, 2.45) is 11.5 Å². The number of anilines is 1. The number of fused-ring (bicyclic) bond motifs is 1. The van der Waals surface area contributed by atoms with Gasteiger partial charge in [0.25, 0.3) is 0 Å². The van der Waals surface area contributed by atoms with Crippen molar-refractivity contribution in [3.05, 3.63) is 41.3 Å². The van der Waals surface area contributed by atoms with Gasteiger partial charge in [-0.1, -0.05) is 11.6 Å². The molecule has 0 atom stereocenters. The Balaban J connectivity index is 0.00000160. The number of benzene rings is 1. The van der Waals surface area contributed by atoms with Crippen molar-refractivity contribution in [2.75, 3.05) is 11.9 Å². The predicted octanol–water partition coefficient (Wildman–Crippen LogP) is 2.47. The van der Waals surface area contributed by atoms with E-state index in [1.54, 1.807) is 35.3 Å². The first-order chi connectivity index (χ1) is 13.5. The monoisotopic (exact) mass is 487 g/mol. The van der Waals surface area contributed by atoms with Gasteiger partial charge in [0.2, 0.25) is 5.91 Å². The fourth-order valence-corrected chi connectivity index (χ4v) is 3.63. The standard InChI is InChI=1S/C16H12ClN8O2S.2ClH/c17-10-3-8(22-12(26)4-18)1-2-9(10)11-5-20-6-24(11)15-13-14(21-7-28-13)25(23-15)16(19)27;;/h1-3,5-6H,4,18H2,(H2,19,27)(H,22,26);2*1H. The molecule has 10 nitrogen and oxygen atoms in total. The van der Waals surface area contributed by atoms with E-state index in [2.05, 4.69) is 25.9 Å². The summed E-state index contributed by atoms with van der Waals surface area (Å²) in [5.41, 5.74) is 15.5. The Labute approximate surface area is 191 Å². The maximum absolute atomic E-state index is 11.6. The Hall–Kier alpha value is -2.70. The molecule has 0 aliphatic rings. The number of carbonyl (C=O) groups excluding carboxylic acids is 2. The number of rotatable bonds is 4. The number of nitrogens with zero attached hydrogens (tertiary/aromatic N) is 5. The van der Waals surface area contributed by atoms with Gasteiger partial charge in [0.05, 0.1) is 23.5 Å². The summed E-state index contributed by atoms with van der Waals surface area (Å²) < 4.78 is 3.31. The zero-order valence-electron chi connectivity index (χ0n) is 14.9. The summed E-state index contributed by atoms with van der Waals surface area (Å²) in [7, 11) is 0. The van der Waals surface area contributed by atoms with Gasteiger partial charge in [0.1, 0.15) is 11.0 Å². The second-order valence-corrected chi connectivity index (χ2v) is 6.83. The fraction of sp³-hybridized carbons (Fsp3) is 0.0625. The lowest BCUT2D eigenvalue weighted by atomic mass is 10.1. The molecule has 0 aliphatic carbocycles. The number of halogens is 3. The van der Waals surface area contributed by atoms with Crippen LogP contribution in [-0.2, 0) is 4.79 Å². The topological polar surface area (TPSA) is 147 Å². The Morgan fingerprint density at radius 1 is 1.30 bits per heavy atom. The van der Waals surface area contributed by atoms with E-state index in [1.807, 2.05) is 0 Å². The summed E-state index contributed by atoms with van der Waals surface area (Å²) in [6, 6.07) is 4.29. The number of amides is 2. The molecule has 5 N–H and O–H groups in total. The van der Waals surface area contributed by atoms with Gasteiger partial charge in [0, 0.05) is 11.3 Å². The first-order valence-corrected chi connectivity index (χ1v) is 9.07. The van der Waals surface area contributed by atoms with Crippen LogP contribution in [-0.4, -0.2) is 42.8 Å². The summed E-state index contributed by atoms with van der Waals surface area (Å²) in [5.74, 6) is 0.103. The van der Waals surface area contributed by atoms with Crippen molar-refractivity contribution in [2.45, 2.75) is 0 Å². The fourth-order valence-electron chi connectivity index (χ4n) is 2.67. The Kier molecular flexibility index (Phi) is 7.39. The van der Waals surface area contributed by atoms with Crippen LogP contribution in [0.4, 0.5) is 10.5 Å². The number of imidazole rings is 1. The SMILES string of the molecule is Cl.Cl.NCC(=O)Nc1ccc(-c2cncn2-c2nn(C(N)=O)c3n[c]sc23)c(Cl)c1. The van der Waals surface area contributed by atoms with E-state index in [4.69, 9.17) is 23.1 Å². The maximum atomic E-state index is 11.6. The van der Waals surface area contributed by atoms with Gasteiger partial charge in [-0.3, -0.25) is 9.36 Å². The molecule has 2 amide bonds. The van der Waals surface area contributed by atoms with Crippen LogP contribution >= 0.6 is 47.8 Å². The van der Waals surface area contributed by atoms with Crippen LogP contribution in [0.2, 0.25) is 5.02 Å². The van der Waals surface area contributed by atoms with Crippen LogP contribution in [0.3, 0.4) is 0 Å². The minimum Gasteiger partial charge on any atom is -0.350 e. The molecule has 4 rings (SSSR count). The largest absolute Gasteiger partial charge is 0.350 e. The molecule has 3 heterocycles. The zero-order chi connectivity index (χ0) is 19.8. The minimum atomic E-state index is -0.754. The van der Waals surface area contributed by atoms with E-state index in [9.17, 15) is 9.59 Å². The zero-order valence-corrected chi connectivity index (χ0v) is 18.1. The van der Waals surface area contributed by atoms with Crippen LogP contribution in [0.5, 0.6) is 0 Å². The molecule has 3 aromatic heterocycles. The minimum absolute atomic E-state index is 0. The number of hydrogen-bond acceptors (Lipinski definition) is 7. The number of carbonyl (C=O) groups is 2. The molecule has 0 saturated heterocycles. The molecule has 1 aromatic carbocycles. The molecule has 0 unspecified atom stereocenters. The Morgan fingerprint density at radius 2 is 2.07 bits per heavy atom. The van der Waals surface area contributed by atoms with Gasteiger partial charge in [-0.05, 0) is 18.2 Å². The second kappa shape index (κ2) is 9.41. The molecular formula is C16H14Cl3N8O2S. The average molecular weight is 489 g/mol. The first kappa shape index (κ1) is 23.6. The van der Waals surface area contributed by atoms with E-state index in [-0.39, 0.29) is 37.3 Å². The summed E-state index contributed by atoms with van der Waals surface area (Å²) in [6.07, 6.45) is 3.15. The third-order valence-corrected chi connectivity index (χ3v) is 4.95. The van der Waals surface area contributed by atoms with E-state index < -0.39 is 6.03 Å². The molecule has 0 spiro atoms. The lowest BCUT2D eigenvalue weighted by Crippen LogP contribution is -2.21. The molecule has 4 aromatic rings. The quantitative estimate of drug-likeness (QED) is 0.402. The average Bonchev–Trinajstić information content (AvgIpc) is 3.37. The molecule has 0 fully saturated rings. The molecule has 0 saturated carbocycles. The van der Waals surface area contributed by atoms with Crippen LogP contribution in [0.25, 0.3) is 27.4 Å². The second-order valence-electron chi connectivity index (χ2n) is 5.63. The summed E-state index contributed by atoms with van der Waals surface area (Å²) in [6.45, 7) is -0.128. The lowest BCUT2D eigenvalue weighted by Gasteiger charge is -2.10. The van der Waals surface area contributed by atoms with Gasteiger partial charge >= 0.3 is 6.03 Å². The number of hydrogen-bond donors (Lipinski definition) is 3. The first-order valence-electron chi connectivity index (χ1n) is 7.87. The smallest absolute Gasteiger partial charge is 0.341 e. The van der Waals surface area contributed by atoms with Crippen molar-refractivity contribution in [3.8, 4) is 17.1 Å². The van der Waals surface area contributed by atoms with Crippen LogP contribution in [0.1, 0.15) is 0 Å². The van der Waals surface area contributed by atoms with Gasteiger partial charge in [-0.15, -0.1) is 41.2 Å². The molecule has 0 aliphatic heterocycles. The molecule has 1 radical (unpaired) electrons. The van der Waals surface area contributed by atoms with Gasteiger partial charge in [0.15, 0.2) is 17.0 Å². The summed E-state index contributed by atoms with van der Waals surface area (Å²) in [4.78, 5) is 31.3. The van der Waals surface area contributed by atoms with Gasteiger partial charge in [-0.25, -0.2) is 14.8 Å². The number of nitrogens with one attached hydrogen (secondary N) is 1.